The molecule has 0 aliphatic carbocycles. The third-order valence-corrected chi connectivity index (χ3v) is 4.21. The molecule has 3 rings (SSSR count). The molecule has 7 nitrogen and oxygen atoms in total. The molecule has 0 spiro atoms. The number of thiocarbonyl (C=S) groups is 1. The van der Waals surface area contributed by atoms with Crippen molar-refractivity contribution >= 4 is 39.9 Å². The summed E-state index contributed by atoms with van der Waals surface area (Å²) in [6.07, 6.45) is 0. The van der Waals surface area contributed by atoms with E-state index >= 15 is 0 Å². The average Bonchev–Trinajstić information content (AvgIpc) is 2.76. The van der Waals surface area contributed by atoms with Gasteiger partial charge in [0.25, 0.3) is 11.8 Å². The highest BCUT2D eigenvalue weighted by atomic mass is 32.1. The van der Waals surface area contributed by atoms with E-state index in [2.05, 4.69) is 16.2 Å². The maximum absolute atomic E-state index is 12.1. The summed E-state index contributed by atoms with van der Waals surface area (Å²) in [4.78, 5) is 24.1. The van der Waals surface area contributed by atoms with Crippen LogP contribution in [0, 0.1) is 0 Å². The zero-order valence-corrected chi connectivity index (χ0v) is 16.4. The molecule has 8 heteroatoms. The molecular formula is C21H19N3O4S. The molecule has 0 unspecified atom stereocenters. The number of hydrogen-bond acceptors (Lipinski definition) is 5. The predicted molar refractivity (Wildman–Crippen MR) is 114 cm³/mol. The lowest BCUT2D eigenvalue weighted by atomic mass is 10.1. The molecule has 2 amide bonds. The summed E-state index contributed by atoms with van der Waals surface area (Å²) < 4.78 is 10.6. The highest BCUT2D eigenvalue weighted by Gasteiger charge is 2.10. The maximum Gasteiger partial charge on any atom is 0.276 e. The highest BCUT2D eigenvalue weighted by molar-refractivity contribution is 7.80. The minimum absolute atomic E-state index is 0.0377. The lowest BCUT2D eigenvalue weighted by molar-refractivity contribution is -0.123. The number of amides is 2. The van der Waals surface area contributed by atoms with Crippen LogP contribution in [0.3, 0.4) is 0 Å². The number of methoxy groups -OCH3 is 1. The molecule has 0 fully saturated rings. The third kappa shape index (κ3) is 5.43. The summed E-state index contributed by atoms with van der Waals surface area (Å²) in [7, 11) is 1.54. The van der Waals surface area contributed by atoms with Crippen LogP contribution in [-0.2, 0) is 4.79 Å². The highest BCUT2D eigenvalue weighted by Crippen LogP contribution is 2.24. The van der Waals surface area contributed by atoms with Gasteiger partial charge in [-0.05, 0) is 47.9 Å². The predicted octanol–water partition coefficient (Wildman–Crippen LogP) is 2.56. The van der Waals surface area contributed by atoms with Gasteiger partial charge in [0.05, 0.1) is 7.11 Å². The first kappa shape index (κ1) is 20.1. The Bertz CT molecular complexity index is 1030. The van der Waals surface area contributed by atoms with E-state index in [1.54, 1.807) is 37.4 Å². The number of rotatable bonds is 5. The van der Waals surface area contributed by atoms with Gasteiger partial charge in [0.15, 0.2) is 11.7 Å². The molecule has 0 heterocycles. The monoisotopic (exact) mass is 409 g/mol. The van der Waals surface area contributed by atoms with Crippen LogP contribution in [0.25, 0.3) is 10.8 Å². The SMILES string of the molecule is COc1ccc(C(=O)NC(=S)NNC(=O)COc2cccc3ccccc23)cc1. The Kier molecular flexibility index (Phi) is 6.59. The van der Waals surface area contributed by atoms with Gasteiger partial charge in [-0.25, -0.2) is 0 Å². The Morgan fingerprint density at radius 3 is 2.41 bits per heavy atom. The van der Waals surface area contributed by atoms with Crippen LogP contribution in [0.4, 0.5) is 0 Å². The van der Waals surface area contributed by atoms with Crippen molar-refractivity contribution in [2.75, 3.05) is 13.7 Å². The van der Waals surface area contributed by atoms with Gasteiger partial charge in [0.2, 0.25) is 0 Å². The van der Waals surface area contributed by atoms with Crippen LogP contribution in [0.5, 0.6) is 11.5 Å². The maximum atomic E-state index is 12.1. The molecule has 0 aromatic heterocycles. The fourth-order valence-electron chi connectivity index (χ4n) is 2.58. The Morgan fingerprint density at radius 1 is 0.931 bits per heavy atom. The van der Waals surface area contributed by atoms with Crippen molar-refractivity contribution in [1.29, 1.82) is 0 Å². The number of benzene rings is 3. The van der Waals surface area contributed by atoms with E-state index in [0.717, 1.165) is 10.8 Å². The Labute approximate surface area is 173 Å². The Morgan fingerprint density at radius 2 is 1.66 bits per heavy atom. The van der Waals surface area contributed by atoms with Crippen molar-refractivity contribution < 1.29 is 19.1 Å². The van der Waals surface area contributed by atoms with Gasteiger partial charge in [-0.2, -0.15) is 0 Å². The number of hydrogen-bond donors (Lipinski definition) is 3. The molecule has 3 aromatic carbocycles. The van der Waals surface area contributed by atoms with E-state index < -0.39 is 11.8 Å². The molecular weight excluding hydrogens is 390 g/mol. The van der Waals surface area contributed by atoms with Gasteiger partial charge >= 0.3 is 0 Å². The number of fused-ring (bicyclic) bond motifs is 1. The molecule has 29 heavy (non-hydrogen) atoms. The minimum Gasteiger partial charge on any atom is -0.497 e. The zero-order valence-electron chi connectivity index (χ0n) is 15.6. The fourth-order valence-corrected chi connectivity index (χ4v) is 2.72. The normalized spacial score (nSPS) is 10.1. The van der Waals surface area contributed by atoms with E-state index in [4.69, 9.17) is 21.7 Å². The van der Waals surface area contributed by atoms with Crippen LogP contribution in [0.1, 0.15) is 10.4 Å². The number of carbonyl (C=O) groups excluding carboxylic acids is 2. The average molecular weight is 409 g/mol. The van der Waals surface area contributed by atoms with E-state index in [1.807, 2.05) is 36.4 Å². The summed E-state index contributed by atoms with van der Waals surface area (Å²) in [5, 5.41) is 4.37. The van der Waals surface area contributed by atoms with Crippen molar-refractivity contribution in [3.8, 4) is 11.5 Å². The number of nitrogens with one attached hydrogen (secondary N) is 3. The summed E-state index contributed by atoms with van der Waals surface area (Å²) in [6, 6.07) is 19.9. The van der Waals surface area contributed by atoms with E-state index in [0.29, 0.717) is 17.1 Å². The van der Waals surface area contributed by atoms with Crippen LogP contribution in [-0.4, -0.2) is 30.6 Å². The van der Waals surface area contributed by atoms with Gasteiger partial charge < -0.3 is 9.47 Å². The molecule has 0 aliphatic rings. The summed E-state index contributed by atoms with van der Waals surface area (Å²) in [6.45, 7) is -0.212. The number of hydrazine groups is 1. The molecule has 0 saturated heterocycles. The minimum atomic E-state index is -0.445. The lowest BCUT2D eigenvalue weighted by Crippen LogP contribution is -2.49. The molecule has 0 bridgehead atoms. The molecule has 0 radical (unpaired) electrons. The topological polar surface area (TPSA) is 88.7 Å². The zero-order chi connectivity index (χ0) is 20.6. The van der Waals surface area contributed by atoms with Crippen molar-refractivity contribution in [3.63, 3.8) is 0 Å². The molecule has 3 N–H and O–H groups in total. The van der Waals surface area contributed by atoms with E-state index in [9.17, 15) is 9.59 Å². The van der Waals surface area contributed by atoms with Gasteiger partial charge in [-0.1, -0.05) is 36.4 Å². The summed E-state index contributed by atoms with van der Waals surface area (Å²) >= 11 is 5.01. The van der Waals surface area contributed by atoms with Crippen molar-refractivity contribution in [2.24, 2.45) is 0 Å². The lowest BCUT2D eigenvalue weighted by Gasteiger charge is -2.12. The standard InChI is InChI=1S/C21H19N3O4S/c1-27-16-11-9-15(10-12-16)20(26)22-21(29)24-23-19(25)13-28-18-8-4-6-14-5-2-3-7-17(14)18/h2-12H,13H2,1H3,(H,23,25)(H2,22,24,26,29). The smallest absolute Gasteiger partial charge is 0.276 e. The van der Waals surface area contributed by atoms with Gasteiger partial charge in [0, 0.05) is 10.9 Å². The quantitative estimate of drug-likeness (QED) is 0.443. The van der Waals surface area contributed by atoms with E-state index in [1.165, 1.54) is 0 Å². The molecule has 148 valence electrons. The Hall–Kier alpha value is -3.65. The summed E-state index contributed by atoms with van der Waals surface area (Å²) in [5.41, 5.74) is 5.26. The van der Waals surface area contributed by atoms with Crippen LogP contribution in [0.15, 0.2) is 66.7 Å². The van der Waals surface area contributed by atoms with Crippen LogP contribution >= 0.6 is 12.2 Å². The van der Waals surface area contributed by atoms with Crippen molar-refractivity contribution in [2.45, 2.75) is 0 Å². The number of carbonyl (C=O) groups is 2. The third-order valence-electron chi connectivity index (χ3n) is 4.00. The summed E-state index contributed by atoms with van der Waals surface area (Å²) in [5.74, 6) is 0.389. The van der Waals surface area contributed by atoms with Gasteiger partial charge in [-0.3, -0.25) is 25.8 Å². The van der Waals surface area contributed by atoms with Crippen molar-refractivity contribution in [3.05, 3.63) is 72.3 Å². The van der Waals surface area contributed by atoms with E-state index in [-0.39, 0.29) is 11.7 Å². The second kappa shape index (κ2) is 9.52. The van der Waals surface area contributed by atoms with Gasteiger partial charge in [0.1, 0.15) is 11.5 Å². The first-order chi connectivity index (χ1) is 14.1. The molecule has 0 aliphatic heterocycles. The second-order valence-corrected chi connectivity index (χ2v) is 6.36. The van der Waals surface area contributed by atoms with Crippen LogP contribution < -0.4 is 25.6 Å². The molecule has 0 atom stereocenters. The first-order valence-electron chi connectivity index (χ1n) is 8.71. The first-order valence-corrected chi connectivity index (χ1v) is 9.12. The second-order valence-electron chi connectivity index (χ2n) is 5.95. The van der Waals surface area contributed by atoms with Crippen molar-refractivity contribution in [1.82, 2.24) is 16.2 Å². The van der Waals surface area contributed by atoms with Gasteiger partial charge in [-0.15, -0.1) is 0 Å². The number of ether oxygens (including phenoxy) is 2. The van der Waals surface area contributed by atoms with Crippen LogP contribution in [0.2, 0.25) is 0 Å². The largest absolute Gasteiger partial charge is 0.497 e. The molecule has 3 aromatic rings. The fraction of sp³-hybridized carbons (Fsp3) is 0.0952. The Balaban J connectivity index is 1.46. The molecule has 0 saturated carbocycles.